The number of carbonyl (C=O) groups is 1. The van der Waals surface area contributed by atoms with E-state index in [1.54, 1.807) is 0 Å². The molecular formula is C11H23Fe2O2+4. The van der Waals surface area contributed by atoms with Crippen molar-refractivity contribution >= 4 is 5.97 Å². The van der Waals surface area contributed by atoms with E-state index in [1.807, 2.05) is 13.8 Å². The van der Waals surface area contributed by atoms with E-state index in [-0.39, 0.29) is 58.8 Å². The number of carboxylic acids is 1. The summed E-state index contributed by atoms with van der Waals surface area (Å²) in [7, 11) is 0. The van der Waals surface area contributed by atoms with Crippen LogP contribution in [-0.4, -0.2) is 5.97 Å². The molecule has 0 fully saturated rings. The Hall–Kier alpha value is 0.509. The van der Waals surface area contributed by atoms with Crippen LogP contribution in [0.2, 0.25) is 0 Å². The van der Waals surface area contributed by atoms with Crippen molar-refractivity contribution in [2.75, 3.05) is 0 Å². The molecule has 91 valence electrons. The molecule has 0 atom stereocenters. The molecule has 0 aliphatic heterocycles. The van der Waals surface area contributed by atoms with Crippen molar-refractivity contribution < 1.29 is 44.0 Å². The van der Waals surface area contributed by atoms with Crippen LogP contribution in [0.1, 0.15) is 54.9 Å². The Labute approximate surface area is 116 Å². The molecule has 0 saturated heterocycles. The minimum Gasteiger partial charge on any atom is -0.550 e. The van der Waals surface area contributed by atoms with Crippen molar-refractivity contribution in [3.8, 4) is 0 Å². The first-order valence-corrected chi connectivity index (χ1v) is 4.32. The molecule has 2 nitrogen and oxygen atoms in total. The number of carboxylic acid groups (broad SMARTS) is 1. The molecule has 0 bridgehead atoms. The van der Waals surface area contributed by atoms with Crippen molar-refractivity contribution in [3.05, 3.63) is 0 Å². The van der Waals surface area contributed by atoms with Crippen molar-refractivity contribution in [3.63, 3.8) is 0 Å². The van der Waals surface area contributed by atoms with Crippen LogP contribution in [0.3, 0.4) is 0 Å². The SMILES string of the molecule is C.CC(C)(C)CC(C)(C)CC(=O)[O-].[Fe+2].[Fe+3]. The van der Waals surface area contributed by atoms with Gasteiger partial charge in [0.15, 0.2) is 0 Å². The Kier molecular flexibility index (Phi) is 14.2. The zero-order valence-electron chi connectivity index (χ0n) is 9.44. The number of aliphatic carboxylic acids is 1. The van der Waals surface area contributed by atoms with Crippen LogP contribution in [0.4, 0.5) is 0 Å². The first-order valence-electron chi connectivity index (χ1n) is 4.32. The normalized spacial score (nSPS) is 10.5. The van der Waals surface area contributed by atoms with Gasteiger partial charge in [-0.2, -0.15) is 0 Å². The van der Waals surface area contributed by atoms with E-state index in [0.717, 1.165) is 6.42 Å². The predicted octanol–water partition coefficient (Wildman–Crippen LogP) is 2.22. The van der Waals surface area contributed by atoms with E-state index >= 15 is 0 Å². The fourth-order valence-electron chi connectivity index (χ4n) is 1.89. The maximum Gasteiger partial charge on any atom is 3.00 e. The molecule has 0 N–H and O–H groups in total. The van der Waals surface area contributed by atoms with E-state index in [0.29, 0.717) is 0 Å². The third-order valence-electron chi connectivity index (χ3n) is 1.63. The van der Waals surface area contributed by atoms with Gasteiger partial charge in [0, 0.05) is 5.97 Å². The van der Waals surface area contributed by atoms with Crippen LogP contribution in [0, 0.1) is 10.8 Å². The average Bonchev–Trinajstić information content (AvgIpc) is 1.48. The van der Waals surface area contributed by atoms with E-state index in [2.05, 4.69) is 20.8 Å². The van der Waals surface area contributed by atoms with Crippen LogP contribution in [0.15, 0.2) is 0 Å². The third kappa shape index (κ3) is 17.1. The minimum absolute atomic E-state index is 0. The van der Waals surface area contributed by atoms with Gasteiger partial charge in [-0.15, -0.1) is 0 Å². The van der Waals surface area contributed by atoms with Crippen LogP contribution in [-0.2, 0) is 38.9 Å². The maximum absolute atomic E-state index is 10.4. The molecule has 0 aromatic rings. The van der Waals surface area contributed by atoms with Crippen LogP contribution < -0.4 is 5.11 Å². The van der Waals surface area contributed by atoms with Gasteiger partial charge in [0.25, 0.3) is 0 Å². The fraction of sp³-hybridized carbons (Fsp3) is 0.909. The first-order chi connectivity index (χ1) is 5.12. The molecule has 0 aliphatic rings. The first kappa shape index (κ1) is 24.6. The number of hydrogen-bond donors (Lipinski definition) is 0. The molecule has 0 aliphatic carbocycles. The molecule has 0 aromatic carbocycles. The molecule has 0 amide bonds. The zero-order valence-corrected chi connectivity index (χ0v) is 11.6. The monoisotopic (exact) mass is 299 g/mol. The second-order valence-electron chi connectivity index (χ2n) is 5.45. The van der Waals surface area contributed by atoms with Gasteiger partial charge in [-0.1, -0.05) is 42.0 Å². The molecule has 4 heteroatoms. The summed E-state index contributed by atoms with van der Waals surface area (Å²) in [5.74, 6) is -0.954. The molecule has 1 radical (unpaired) electrons. The summed E-state index contributed by atoms with van der Waals surface area (Å²) in [6.07, 6.45) is 1.04. The Bertz CT molecular complexity index is 172. The third-order valence-corrected chi connectivity index (χ3v) is 1.63. The molecule has 0 unspecified atom stereocenters. The van der Waals surface area contributed by atoms with Gasteiger partial charge in [-0.25, -0.2) is 0 Å². The Balaban J connectivity index is -0.000000202. The predicted molar refractivity (Wildman–Crippen MR) is 54.2 cm³/mol. The molecule has 0 saturated carbocycles. The van der Waals surface area contributed by atoms with Crippen LogP contribution >= 0.6 is 0 Å². The average molecular weight is 299 g/mol. The van der Waals surface area contributed by atoms with Gasteiger partial charge >= 0.3 is 34.1 Å². The molecule has 0 spiro atoms. The van der Waals surface area contributed by atoms with E-state index in [4.69, 9.17) is 0 Å². The number of hydrogen-bond acceptors (Lipinski definition) is 2. The van der Waals surface area contributed by atoms with Gasteiger partial charge in [0.2, 0.25) is 0 Å². The van der Waals surface area contributed by atoms with Crippen LogP contribution in [0.5, 0.6) is 0 Å². The number of carbonyl (C=O) groups excluding carboxylic acids is 1. The summed E-state index contributed by atoms with van der Waals surface area (Å²) in [5.41, 5.74) is 0.0238. The zero-order chi connectivity index (χ0) is 9.99. The molecule has 0 rings (SSSR count). The van der Waals surface area contributed by atoms with Crippen LogP contribution in [0.25, 0.3) is 0 Å². The molecule has 0 aromatic heterocycles. The van der Waals surface area contributed by atoms with Crippen molar-refractivity contribution in [2.24, 2.45) is 10.8 Å². The van der Waals surface area contributed by atoms with E-state index in [9.17, 15) is 9.90 Å². The Morgan fingerprint density at radius 3 is 1.67 bits per heavy atom. The second-order valence-corrected chi connectivity index (χ2v) is 5.45. The van der Waals surface area contributed by atoms with Crippen molar-refractivity contribution in [1.29, 1.82) is 0 Å². The summed E-state index contributed by atoms with van der Waals surface area (Å²) >= 11 is 0. The molecule has 0 heterocycles. The largest absolute Gasteiger partial charge is 3.00 e. The van der Waals surface area contributed by atoms with Gasteiger partial charge in [0.05, 0.1) is 0 Å². The topological polar surface area (TPSA) is 40.1 Å². The summed E-state index contributed by atoms with van der Waals surface area (Å²) < 4.78 is 0. The van der Waals surface area contributed by atoms with Gasteiger partial charge < -0.3 is 9.90 Å². The van der Waals surface area contributed by atoms with Gasteiger partial charge in [0.1, 0.15) is 0 Å². The Morgan fingerprint density at radius 2 is 1.47 bits per heavy atom. The fourth-order valence-corrected chi connectivity index (χ4v) is 1.89. The molecule has 15 heavy (non-hydrogen) atoms. The Morgan fingerprint density at radius 1 is 1.13 bits per heavy atom. The molecular weight excluding hydrogens is 276 g/mol. The summed E-state index contributed by atoms with van der Waals surface area (Å²) in [6, 6.07) is 0. The van der Waals surface area contributed by atoms with Gasteiger partial charge in [-0.05, 0) is 23.7 Å². The quantitative estimate of drug-likeness (QED) is 0.750. The smallest absolute Gasteiger partial charge is 0.550 e. The number of rotatable bonds is 3. The summed E-state index contributed by atoms with van der Waals surface area (Å²) in [4.78, 5) is 10.4. The summed E-state index contributed by atoms with van der Waals surface area (Å²) in [5, 5.41) is 10.4. The van der Waals surface area contributed by atoms with Crippen molar-refractivity contribution in [1.82, 2.24) is 0 Å². The minimum atomic E-state index is -0.954. The summed E-state index contributed by atoms with van der Waals surface area (Å²) in [6.45, 7) is 10.3. The standard InChI is InChI=1S/C10H20O2.CH4.2Fe/c1-9(2,3)7-10(4,5)6-8(11)12;;;/h6-7H2,1-5H3,(H,11,12);1H4;;/q;;+2;+3/p-1. The van der Waals surface area contributed by atoms with E-state index in [1.165, 1.54) is 0 Å². The van der Waals surface area contributed by atoms with Gasteiger partial charge in [-0.3, -0.25) is 0 Å². The van der Waals surface area contributed by atoms with E-state index < -0.39 is 5.97 Å². The second kappa shape index (κ2) is 8.64. The van der Waals surface area contributed by atoms with Crippen molar-refractivity contribution in [2.45, 2.75) is 54.9 Å². The maximum atomic E-state index is 10.4.